The summed E-state index contributed by atoms with van der Waals surface area (Å²) in [7, 11) is -11.0. The van der Waals surface area contributed by atoms with Crippen molar-refractivity contribution in [2.45, 2.75) is 168 Å². The molecule has 0 heterocycles. The maximum Gasteiger partial charge on any atom is 0.278 e. The SMILES string of the molecule is CCCCC/C=C\C/C=C\CCCCCCCCO.CCCCC/C=C\C/C=C\CCCCCCCCOS(C)(=O)=O.CS(=O)(=O)OS(C)(=O)=O. The summed E-state index contributed by atoms with van der Waals surface area (Å²) < 4.78 is 70.0. The molecule has 0 aromatic rings. The Morgan fingerprint density at radius 1 is 0.412 bits per heavy atom. The van der Waals surface area contributed by atoms with Crippen LogP contribution in [0.1, 0.15) is 168 Å². The third-order valence-electron chi connectivity index (χ3n) is 7.25. The second kappa shape index (κ2) is 39.9. The fraction of sp³-hybridized carbons (Fsp3) is 0.795. The van der Waals surface area contributed by atoms with E-state index in [0.717, 1.165) is 44.8 Å². The van der Waals surface area contributed by atoms with Gasteiger partial charge in [-0.2, -0.15) is 25.3 Å². The molecule has 0 aliphatic heterocycles. The number of aliphatic hydroxyl groups excluding tert-OH is 1. The minimum absolute atomic E-state index is 0.327. The van der Waals surface area contributed by atoms with Gasteiger partial charge in [0, 0.05) is 6.61 Å². The molecule has 0 spiro atoms. The maximum absolute atomic E-state index is 10.8. The predicted molar refractivity (Wildman–Crippen MR) is 217 cm³/mol. The van der Waals surface area contributed by atoms with Gasteiger partial charge in [0.05, 0.1) is 25.4 Å². The molecule has 0 amide bonds. The first kappa shape index (κ1) is 54.0. The largest absolute Gasteiger partial charge is 0.396 e. The van der Waals surface area contributed by atoms with Crippen molar-refractivity contribution >= 4 is 30.4 Å². The van der Waals surface area contributed by atoms with Gasteiger partial charge in [-0.25, -0.2) is 0 Å². The van der Waals surface area contributed by atoms with E-state index in [0.29, 0.717) is 25.7 Å². The Bertz CT molecular complexity index is 1140. The van der Waals surface area contributed by atoms with Gasteiger partial charge in [-0.3, -0.25) is 4.18 Å². The molecule has 51 heavy (non-hydrogen) atoms. The van der Waals surface area contributed by atoms with Gasteiger partial charge in [0.2, 0.25) is 0 Å². The van der Waals surface area contributed by atoms with Crippen molar-refractivity contribution in [1.82, 2.24) is 0 Å². The topological polar surface area (TPSA) is 141 Å². The lowest BCUT2D eigenvalue weighted by Crippen LogP contribution is -2.09. The first-order valence-corrected chi connectivity index (χ1v) is 24.8. The van der Waals surface area contributed by atoms with E-state index >= 15 is 0 Å². The fourth-order valence-corrected chi connectivity index (χ4v) is 6.84. The van der Waals surface area contributed by atoms with Crippen LogP contribution in [-0.4, -0.2) is 62.3 Å². The van der Waals surface area contributed by atoms with Crippen LogP contribution in [0.4, 0.5) is 0 Å². The van der Waals surface area contributed by atoms with E-state index in [1.165, 1.54) is 116 Å². The third-order valence-corrected chi connectivity index (χ3v) is 9.82. The van der Waals surface area contributed by atoms with Crippen LogP contribution in [0.5, 0.6) is 0 Å². The highest BCUT2D eigenvalue weighted by molar-refractivity contribution is 7.99. The summed E-state index contributed by atoms with van der Waals surface area (Å²) in [4.78, 5) is 0. The van der Waals surface area contributed by atoms with Crippen LogP contribution in [0.2, 0.25) is 0 Å². The highest BCUT2D eigenvalue weighted by Crippen LogP contribution is 2.09. The predicted octanol–water partition coefficient (Wildman–Crippen LogP) is 10.5. The van der Waals surface area contributed by atoms with Crippen LogP contribution in [0.3, 0.4) is 0 Å². The number of unbranched alkanes of at least 4 members (excludes halogenated alkanes) is 18. The van der Waals surface area contributed by atoms with E-state index in [9.17, 15) is 25.3 Å². The number of aliphatic hydroxyl groups is 1. The molecule has 0 bridgehead atoms. The molecular weight excluding hydrogens is 709 g/mol. The number of hydrogen-bond acceptors (Lipinski definition) is 9. The standard InChI is InChI=1S/C19H36O3S.C18H34O.C2H6O5S2/c1-3-4-5-6-7-8-9-10-11-12-13-14-15-16-17-18-19-22-23(2,20)21;1-2-3-4-5-6-7-8-9-10-11-12-13-14-15-16-17-18-19;1-8(3,4)7-9(2,5)6/h7-8,10-11H,3-6,9,12-19H2,1-2H3;6-7,9-10,19H,2-5,8,11-18H2,1H3;1-2H3/b8-7-,11-10-;7-6-,10-9-;. The van der Waals surface area contributed by atoms with Crippen LogP contribution < -0.4 is 0 Å². The van der Waals surface area contributed by atoms with Crippen LogP contribution in [0, 0.1) is 0 Å². The highest BCUT2D eigenvalue weighted by atomic mass is 32.3. The Hall–Kier alpha value is -1.31. The van der Waals surface area contributed by atoms with Gasteiger partial charge in [-0.05, 0) is 77.0 Å². The van der Waals surface area contributed by atoms with Crippen molar-refractivity contribution in [3.63, 3.8) is 0 Å². The molecule has 0 saturated heterocycles. The van der Waals surface area contributed by atoms with E-state index in [-0.39, 0.29) is 0 Å². The quantitative estimate of drug-likeness (QED) is 0.0401. The number of allylic oxidation sites excluding steroid dienone is 8. The van der Waals surface area contributed by atoms with Crippen LogP contribution >= 0.6 is 0 Å². The summed E-state index contributed by atoms with van der Waals surface area (Å²) in [6.45, 7) is 5.17. The van der Waals surface area contributed by atoms with Crippen molar-refractivity contribution < 1.29 is 38.2 Å². The Morgan fingerprint density at radius 3 is 1.02 bits per heavy atom. The molecule has 0 aromatic heterocycles. The second-order valence-electron chi connectivity index (χ2n) is 12.9. The minimum Gasteiger partial charge on any atom is -0.396 e. The first-order valence-electron chi connectivity index (χ1n) is 19.3. The van der Waals surface area contributed by atoms with Crippen LogP contribution in [-0.2, 0) is 38.2 Å². The van der Waals surface area contributed by atoms with Gasteiger partial charge < -0.3 is 5.11 Å². The molecule has 0 rings (SSSR count). The van der Waals surface area contributed by atoms with Crippen molar-refractivity contribution in [1.29, 1.82) is 0 Å². The zero-order valence-corrected chi connectivity index (χ0v) is 35.4. The Balaban J connectivity index is -0.000000739. The third kappa shape index (κ3) is 64.1. The normalized spacial score (nSPS) is 12.5. The van der Waals surface area contributed by atoms with E-state index in [1.54, 1.807) is 0 Å². The number of rotatable bonds is 32. The van der Waals surface area contributed by atoms with Gasteiger partial charge in [0.1, 0.15) is 0 Å². The molecule has 0 aromatic carbocycles. The molecule has 1 N–H and O–H groups in total. The monoisotopic (exact) mass is 784 g/mol. The molecule has 0 radical (unpaired) electrons. The van der Waals surface area contributed by atoms with Gasteiger partial charge in [-0.1, -0.05) is 140 Å². The van der Waals surface area contributed by atoms with Crippen molar-refractivity contribution in [3.05, 3.63) is 48.6 Å². The Labute approximate surface area is 315 Å². The molecule has 0 saturated carbocycles. The zero-order chi connectivity index (χ0) is 39.0. The molecule has 304 valence electrons. The van der Waals surface area contributed by atoms with Gasteiger partial charge in [0.25, 0.3) is 30.4 Å². The Kier molecular flexibility index (Phi) is 42.3. The average Bonchev–Trinajstić information content (AvgIpc) is 3.03. The maximum atomic E-state index is 10.8. The van der Waals surface area contributed by atoms with Crippen molar-refractivity contribution in [3.8, 4) is 0 Å². The minimum atomic E-state index is -3.87. The molecule has 0 unspecified atom stereocenters. The van der Waals surface area contributed by atoms with E-state index < -0.39 is 30.4 Å². The summed E-state index contributed by atoms with van der Waals surface area (Å²) in [6.07, 6.45) is 49.9. The van der Waals surface area contributed by atoms with Crippen LogP contribution in [0.25, 0.3) is 0 Å². The summed E-state index contributed by atoms with van der Waals surface area (Å²) in [5.41, 5.74) is 0. The zero-order valence-electron chi connectivity index (χ0n) is 32.9. The summed E-state index contributed by atoms with van der Waals surface area (Å²) in [5, 5.41) is 8.66. The van der Waals surface area contributed by atoms with Gasteiger partial charge in [0.15, 0.2) is 0 Å². The summed E-state index contributed by atoms with van der Waals surface area (Å²) in [5.74, 6) is 0. The fourth-order valence-electron chi connectivity index (χ4n) is 4.63. The molecule has 9 nitrogen and oxygen atoms in total. The number of hydrogen-bond donors (Lipinski definition) is 1. The molecular formula is C39H76O9S3. The molecule has 0 aliphatic carbocycles. The first-order chi connectivity index (χ1) is 24.2. The smallest absolute Gasteiger partial charge is 0.278 e. The summed E-state index contributed by atoms with van der Waals surface area (Å²) in [6, 6.07) is 0. The van der Waals surface area contributed by atoms with E-state index in [2.05, 4.69) is 66.1 Å². The van der Waals surface area contributed by atoms with Crippen molar-refractivity contribution in [2.75, 3.05) is 32.0 Å². The van der Waals surface area contributed by atoms with Gasteiger partial charge >= 0.3 is 0 Å². The molecule has 0 fully saturated rings. The Morgan fingerprint density at radius 2 is 0.725 bits per heavy atom. The van der Waals surface area contributed by atoms with Gasteiger partial charge in [-0.15, -0.1) is 3.63 Å². The molecule has 0 atom stereocenters. The molecule has 0 aliphatic rings. The summed E-state index contributed by atoms with van der Waals surface area (Å²) >= 11 is 0. The highest BCUT2D eigenvalue weighted by Gasteiger charge is 2.10. The van der Waals surface area contributed by atoms with Crippen molar-refractivity contribution in [2.24, 2.45) is 0 Å². The average molecular weight is 785 g/mol. The second-order valence-corrected chi connectivity index (χ2v) is 17.9. The lowest BCUT2D eigenvalue weighted by atomic mass is 10.1. The lowest BCUT2D eigenvalue weighted by Gasteiger charge is -2.01. The lowest BCUT2D eigenvalue weighted by molar-refractivity contribution is 0.282. The van der Waals surface area contributed by atoms with Crippen LogP contribution in [0.15, 0.2) is 48.6 Å². The molecule has 12 heteroatoms. The van der Waals surface area contributed by atoms with E-state index in [4.69, 9.17) is 9.29 Å². The van der Waals surface area contributed by atoms with E-state index in [1.807, 2.05) is 0 Å².